The fourth-order valence-electron chi connectivity index (χ4n) is 2.78. The molecule has 2 heterocycles. The Labute approximate surface area is 136 Å². The van der Waals surface area contributed by atoms with E-state index in [0.29, 0.717) is 25.2 Å². The van der Waals surface area contributed by atoms with Crippen molar-refractivity contribution < 1.29 is 13.9 Å². The van der Waals surface area contributed by atoms with Crippen LogP contribution in [-0.2, 0) is 4.74 Å². The second-order valence-electron chi connectivity index (χ2n) is 6.94. The van der Waals surface area contributed by atoms with Gasteiger partial charge in [0.1, 0.15) is 5.60 Å². The number of amides is 1. The van der Waals surface area contributed by atoms with Crippen LogP contribution in [0.1, 0.15) is 27.2 Å². The average Bonchev–Trinajstić information content (AvgIpc) is 2.45. The molecule has 0 bridgehead atoms. The Morgan fingerprint density at radius 2 is 2.26 bits per heavy atom. The van der Waals surface area contributed by atoms with Crippen molar-refractivity contribution in [3.63, 3.8) is 0 Å². The summed E-state index contributed by atoms with van der Waals surface area (Å²) in [6.07, 6.45) is 3.33. The minimum Gasteiger partial charge on any atom is -0.444 e. The van der Waals surface area contributed by atoms with Crippen LogP contribution in [0.4, 0.5) is 20.6 Å². The molecule has 1 aliphatic heterocycles. The Kier molecular flexibility index (Phi) is 5.28. The third-order valence-corrected chi connectivity index (χ3v) is 3.64. The van der Waals surface area contributed by atoms with E-state index in [9.17, 15) is 9.18 Å². The fourth-order valence-corrected chi connectivity index (χ4v) is 2.78. The predicted octanol–water partition coefficient (Wildman–Crippen LogP) is 2.35. The first-order valence-electron chi connectivity index (χ1n) is 7.78. The maximum Gasteiger partial charge on any atom is 0.407 e. The van der Waals surface area contributed by atoms with Crippen LogP contribution in [0.3, 0.4) is 0 Å². The second-order valence-corrected chi connectivity index (χ2v) is 6.94. The zero-order valence-electron chi connectivity index (χ0n) is 13.9. The summed E-state index contributed by atoms with van der Waals surface area (Å²) >= 11 is 0. The number of rotatable bonds is 3. The molecule has 128 valence electrons. The summed E-state index contributed by atoms with van der Waals surface area (Å²) in [5.41, 5.74) is 6.75. The van der Waals surface area contributed by atoms with Crippen LogP contribution in [-0.4, -0.2) is 42.5 Å². The Morgan fingerprint density at radius 3 is 2.87 bits per heavy atom. The molecule has 1 aromatic rings. The molecule has 0 spiro atoms. The maximum absolute atomic E-state index is 13.2. The molecule has 3 N–H and O–H groups in total. The molecule has 1 aromatic heterocycles. The molecule has 7 heteroatoms. The number of alkyl carbamates (subject to hydrolysis) is 1. The molecule has 2 rings (SSSR count). The Hall–Kier alpha value is -2.05. The van der Waals surface area contributed by atoms with Crippen molar-refractivity contribution in [3.05, 3.63) is 18.5 Å². The van der Waals surface area contributed by atoms with E-state index in [-0.39, 0.29) is 12.0 Å². The van der Waals surface area contributed by atoms with Gasteiger partial charge in [-0.15, -0.1) is 0 Å². The van der Waals surface area contributed by atoms with Crippen molar-refractivity contribution in [3.8, 4) is 0 Å². The smallest absolute Gasteiger partial charge is 0.407 e. The van der Waals surface area contributed by atoms with Crippen LogP contribution in [0.15, 0.2) is 18.5 Å². The number of halogens is 1. The summed E-state index contributed by atoms with van der Waals surface area (Å²) in [5, 5.41) is 2.83. The van der Waals surface area contributed by atoms with Crippen molar-refractivity contribution in [2.75, 3.05) is 30.4 Å². The number of nitrogens with one attached hydrogen (secondary N) is 1. The highest BCUT2D eigenvalue weighted by Gasteiger charge is 2.30. The van der Waals surface area contributed by atoms with Crippen molar-refractivity contribution in [1.29, 1.82) is 0 Å². The number of hydrogen-bond donors (Lipinski definition) is 2. The van der Waals surface area contributed by atoms with Crippen LogP contribution in [0.2, 0.25) is 0 Å². The van der Waals surface area contributed by atoms with Gasteiger partial charge in [-0.3, -0.25) is 9.37 Å². The van der Waals surface area contributed by atoms with Crippen LogP contribution in [0.25, 0.3) is 0 Å². The van der Waals surface area contributed by atoms with E-state index in [4.69, 9.17) is 10.5 Å². The van der Waals surface area contributed by atoms with Crippen LogP contribution < -0.4 is 16.0 Å². The number of ether oxygens (including phenoxy) is 1. The number of anilines is 2. The highest BCUT2D eigenvalue weighted by molar-refractivity contribution is 5.69. The highest BCUT2D eigenvalue weighted by atomic mass is 19.1. The predicted molar refractivity (Wildman–Crippen MR) is 88.1 cm³/mol. The maximum atomic E-state index is 13.2. The van der Waals surface area contributed by atoms with Gasteiger partial charge in [0.2, 0.25) is 0 Å². The van der Waals surface area contributed by atoms with E-state index in [2.05, 4.69) is 10.3 Å². The van der Waals surface area contributed by atoms with Gasteiger partial charge in [-0.25, -0.2) is 4.79 Å². The van der Waals surface area contributed by atoms with Crippen molar-refractivity contribution in [2.24, 2.45) is 5.92 Å². The summed E-state index contributed by atoms with van der Waals surface area (Å²) in [5.74, 6) is -0.156. The number of aromatic nitrogens is 1. The number of nitrogens with two attached hydrogens (primary N) is 1. The lowest BCUT2D eigenvalue weighted by Gasteiger charge is -2.39. The standard InChI is InChI=1S/C16H25FN4O2/c1-16(2,3)23-15(22)20-12-6-11(7-17)9-21(10-12)14-4-5-19-8-13(14)18/h4-5,8,11-12H,6-7,9-10,18H2,1-3H3,(H,20,22)/t11-,12-/m1/s1. The lowest BCUT2D eigenvalue weighted by molar-refractivity contribution is 0.0492. The van der Waals surface area contributed by atoms with Crippen LogP contribution in [0.5, 0.6) is 0 Å². The first-order valence-corrected chi connectivity index (χ1v) is 7.78. The molecular formula is C16H25FN4O2. The van der Waals surface area contributed by atoms with Crippen LogP contribution >= 0.6 is 0 Å². The molecule has 0 unspecified atom stereocenters. The second kappa shape index (κ2) is 7.02. The zero-order valence-corrected chi connectivity index (χ0v) is 13.9. The van der Waals surface area contributed by atoms with E-state index >= 15 is 0 Å². The lowest BCUT2D eigenvalue weighted by atomic mass is 9.95. The van der Waals surface area contributed by atoms with Gasteiger partial charge in [0, 0.05) is 25.2 Å². The first kappa shape index (κ1) is 17.3. The SMILES string of the molecule is CC(C)(C)OC(=O)N[C@@H]1C[C@H](CF)CN(c2ccncc2N)C1. The van der Waals surface area contributed by atoms with Gasteiger partial charge in [-0.2, -0.15) is 0 Å². The topological polar surface area (TPSA) is 80.5 Å². The fraction of sp³-hybridized carbons (Fsp3) is 0.625. The van der Waals surface area contributed by atoms with Crippen molar-refractivity contribution in [1.82, 2.24) is 10.3 Å². The molecule has 0 radical (unpaired) electrons. The third kappa shape index (κ3) is 4.97. The lowest BCUT2D eigenvalue weighted by Crippen LogP contribution is -2.52. The van der Waals surface area contributed by atoms with E-state index in [1.807, 2.05) is 25.7 Å². The Bertz CT molecular complexity index is 547. The largest absolute Gasteiger partial charge is 0.444 e. The number of alkyl halides is 1. The summed E-state index contributed by atoms with van der Waals surface area (Å²) in [6.45, 7) is 6.11. The van der Waals surface area contributed by atoms with Gasteiger partial charge in [-0.05, 0) is 33.3 Å². The van der Waals surface area contributed by atoms with Gasteiger partial charge in [0.05, 0.1) is 30.3 Å². The number of hydrogen-bond acceptors (Lipinski definition) is 5. The van der Waals surface area contributed by atoms with Gasteiger partial charge >= 0.3 is 6.09 Å². The van der Waals surface area contributed by atoms with Crippen LogP contribution in [0, 0.1) is 5.92 Å². The van der Waals surface area contributed by atoms with Gasteiger partial charge in [0.15, 0.2) is 0 Å². The molecule has 0 aliphatic carbocycles. The molecule has 1 amide bonds. The molecular weight excluding hydrogens is 299 g/mol. The quantitative estimate of drug-likeness (QED) is 0.892. The molecule has 1 saturated heterocycles. The normalized spacial score (nSPS) is 21.8. The monoisotopic (exact) mass is 324 g/mol. The summed E-state index contributed by atoms with van der Waals surface area (Å²) in [4.78, 5) is 17.9. The van der Waals surface area contributed by atoms with E-state index < -0.39 is 18.4 Å². The van der Waals surface area contributed by atoms with Gasteiger partial charge < -0.3 is 20.7 Å². The molecule has 2 atom stereocenters. The van der Waals surface area contributed by atoms with E-state index in [1.165, 1.54) is 0 Å². The highest BCUT2D eigenvalue weighted by Crippen LogP contribution is 2.27. The number of nitrogens with zero attached hydrogens (tertiary/aromatic N) is 2. The van der Waals surface area contributed by atoms with Gasteiger partial charge in [-0.1, -0.05) is 0 Å². The molecule has 0 saturated carbocycles. The van der Waals surface area contributed by atoms with Crippen molar-refractivity contribution >= 4 is 17.5 Å². The van der Waals surface area contributed by atoms with E-state index in [1.54, 1.807) is 18.5 Å². The number of pyridine rings is 1. The Morgan fingerprint density at radius 1 is 1.52 bits per heavy atom. The van der Waals surface area contributed by atoms with Gasteiger partial charge in [0.25, 0.3) is 0 Å². The number of carbonyl (C=O) groups is 1. The molecule has 1 aliphatic rings. The number of piperidine rings is 1. The summed E-state index contributed by atoms with van der Waals surface area (Å²) in [7, 11) is 0. The molecule has 1 fully saturated rings. The first-order chi connectivity index (χ1) is 10.8. The van der Waals surface area contributed by atoms with Crippen molar-refractivity contribution in [2.45, 2.75) is 38.8 Å². The minimum absolute atomic E-state index is 0.156. The van der Waals surface area contributed by atoms with E-state index in [0.717, 1.165) is 5.69 Å². The third-order valence-electron chi connectivity index (χ3n) is 3.64. The molecule has 6 nitrogen and oxygen atoms in total. The zero-order chi connectivity index (χ0) is 17.0. The molecule has 23 heavy (non-hydrogen) atoms. The number of carbonyl (C=O) groups excluding carboxylic acids is 1. The minimum atomic E-state index is -0.562. The average molecular weight is 324 g/mol. The summed E-state index contributed by atoms with van der Waals surface area (Å²) in [6, 6.07) is 1.62. The summed E-state index contributed by atoms with van der Waals surface area (Å²) < 4.78 is 18.5. The number of nitrogen functional groups attached to an aromatic ring is 1. The Balaban J connectivity index is 2.06. The molecule has 0 aromatic carbocycles.